The van der Waals surface area contributed by atoms with E-state index in [4.69, 9.17) is 4.74 Å². The number of alkyl halides is 3. The Labute approximate surface area is 168 Å². The number of aliphatic hydroxyl groups excluding tert-OH is 2. The predicted molar refractivity (Wildman–Crippen MR) is 103 cm³/mol. The molecule has 3 atom stereocenters. The smallest absolute Gasteiger partial charge is 0.394 e. The van der Waals surface area contributed by atoms with Gasteiger partial charge in [-0.25, -0.2) is 0 Å². The Bertz CT molecular complexity index is 843. The molecule has 0 radical (unpaired) electrons. The third-order valence-electron chi connectivity index (χ3n) is 5.81. The number of rotatable bonds is 5. The predicted octanol–water partition coefficient (Wildman–Crippen LogP) is 4.75. The first-order valence-electron chi connectivity index (χ1n) is 10.1. The van der Waals surface area contributed by atoms with Gasteiger partial charge in [0.15, 0.2) is 0 Å². The summed E-state index contributed by atoms with van der Waals surface area (Å²) in [5.74, 6) is 0.511. The topological polar surface area (TPSA) is 49.7 Å². The van der Waals surface area contributed by atoms with E-state index >= 15 is 0 Å². The molecule has 1 aliphatic heterocycles. The summed E-state index contributed by atoms with van der Waals surface area (Å²) in [4.78, 5) is 0. The van der Waals surface area contributed by atoms with Crippen LogP contribution in [0.3, 0.4) is 0 Å². The van der Waals surface area contributed by atoms with Crippen molar-refractivity contribution in [3.8, 4) is 0 Å². The number of hydrogen-bond donors (Lipinski definition) is 2. The van der Waals surface area contributed by atoms with Crippen LogP contribution in [0.4, 0.5) is 13.2 Å². The summed E-state index contributed by atoms with van der Waals surface area (Å²) in [6, 6.07) is 11.5. The van der Waals surface area contributed by atoms with Crippen molar-refractivity contribution in [3.63, 3.8) is 0 Å². The number of halogens is 3. The standard InChI is InChI=1S/C23H25F3O3/c24-23(25,26)18-6-1-14(2-7-18)9-17-10-16(5-8-21(17)15-3-4-15)22-12-19(28)11-20(13-27)29-22/h1-2,5-8,10,15,19-20,22,27-28H,3-4,9,11-13H2/t19-,20-,22+/m0/s1. The second-order valence-electron chi connectivity index (χ2n) is 8.16. The van der Waals surface area contributed by atoms with Crippen molar-refractivity contribution in [2.24, 2.45) is 0 Å². The second kappa shape index (κ2) is 8.09. The van der Waals surface area contributed by atoms with Gasteiger partial charge in [-0.2, -0.15) is 13.2 Å². The molecule has 2 aromatic rings. The summed E-state index contributed by atoms with van der Waals surface area (Å²) in [5.41, 5.74) is 3.46. The molecule has 0 bridgehead atoms. The number of aliphatic hydroxyl groups is 2. The summed E-state index contributed by atoms with van der Waals surface area (Å²) in [6.45, 7) is -0.133. The minimum atomic E-state index is -4.33. The maximum absolute atomic E-state index is 12.8. The molecule has 2 fully saturated rings. The lowest BCUT2D eigenvalue weighted by molar-refractivity contribution is -0.137. The Morgan fingerprint density at radius 2 is 1.72 bits per heavy atom. The molecule has 2 aliphatic rings. The zero-order valence-corrected chi connectivity index (χ0v) is 16.0. The van der Waals surface area contributed by atoms with Gasteiger partial charge in [-0.3, -0.25) is 0 Å². The Morgan fingerprint density at radius 1 is 1.00 bits per heavy atom. The minimum absolute atomic E-state index is 0.133. The van der Waals surface area contributed by atoms with E-state index in [2.05, 4.69) is 12.1 Å². The average molecular weight is 406 g/mol. The first-order valence-corrected chi connectivity index (χ1v) is 10.1. The van der Waals surface area contributed by atoms with Crippen LogP contribution in [-0.4, -0.2) is 29.0 Å². The highest BCUT2D eigenvalue weighted by molar-refractivity contribution is 5.41. The molecule has 0 spiro atoms. The average Bonchev–Trinajstić information content (AvgIpc) is 3.52. The number of ether oxygens (including phenoxy) is 1. The van der Waals surface area contributed by atoms with Crippen LogP contribution < -0.4 is 0 Å². The van der Waals surface area contributed by atoms with Crippen LogP contribution >= 0.6 is 0 Å². The van der Waals surface area contributed by atoms with Gasteiger partial charge < -0.3 is 14.9 Å². The zero-order chi connectivity index (χ0) is 20.6. The minimum Gasteiger partial charge on any atom is -0.394 e. The summed E-state index contributed by atoms with van der Waals surface area (Å²) < 4.78 is 44.4. The molecule has 2 aromatic carbocycles. The van der Waals surface area contributed by atoms with E-state index in [1.54, 1.807) is 0 Å². The third-order valence-corrected chi connectivity index (χ3v) is 5.81. The van der Waals surface area contributed by atoms with Gasteiger partial charge in [0.2, 0.25) is 0 Å². The van der Waals surface area contributed by atoms with Gasteiger partial charge in [-0.1, -0.05) is 30.3 Å². The Kier molecular flexibility index (Phi) is 5.69. The largest absolute Gasteiger partial charge is 0.416 e. The molecule has 0 unspecified atom stereocenters. The highest BCUT2D eigenvalue weighted by atomic mass is 19.4. The summed E-state index contributed by atoms with van der Waals surface area (Å²) in [6.07, 6.45) is -1.83. The van der Waals surface area contributed by atoms with Crippen LogP contribution in [-0.2, 0) is 17.3 Å². The van der Waals surface area contributed by atoms with Gasteiger partial charge in [0, 0.05) is 12.8 Å². The van der Waals surface area contributed by atoms with Crippen LogP contribution in [0.15, 0.2) is 42.5 Å². The fourth-order valence-corrected chi connectivity index (χ4v) is 4.13. The van der Waals surface area contributed by atoms with E-state index in [9.17, 15) is 23.4 Å². The van der Waals surface area contributed by atoms with Gasteiger partial charge in [0.1, 0.15) is 0 Å². The molecule has 1 saturated carbocycles. The third kappa shape index (κ3) is 4.82. The van der Waals surface area contributed by atoms with Crippen molar-refractivity contribution in [2.45, 2.75) is 62.5 Å². The van der Waals surface area contributed by atoms with Gasteiger partial charge in [0.05, 0.1) is 30.5 Å². The van der Waals surface area contributed by atoms with E-state index in [0.29, 0.717) is 25.2 Å². The summed E-state index contributed by atoms with van der Waals surface area (Å²) >= 11 is 0. The normalized spacial score (nSPS) is 25.2. The van der Waals surface area contributed by atoms with Crippen molar-refractivity contribution in [2.75, 3.05) is 6.61 Å². The van der Waals surface area contributed by atoms with E-state index in [1.807, 2.05) is 6.07 Å². The van der Waals surface area contributed by atoms with Crippen molar-refractivity contribution < 1.29 is 28.1 Å². The molecule has 0 aromatic heterocycles. The molecule has 1 aliphatic carbocycles. The van der Waals surface area contributed by atoms with Crippen LogP contribution in [0.25, 0.3) is 0 Å². The Hall–Kier alpha value is -1.89. The van der Waals surface area contributed by atoms with E-state index in [1.165, 1.54) is 17.7 Å². The number of hydrogen-bond acceptors (Lipinski definition) is 3. The molecule has 29 heavy (non-hydrogen) atoms. The lowest BCUT2D eigenvalue weighted by Gasteiger charge is -2.33. The van der Waals surface area contributed by atoms with Gasteiger partial charge >= 0.3 is 6.18 Å². The molecule has 156 valence electrons. The van der Waals surface area contributed by atoms with E-state index in [-0.39, 0.29) is 18.8 Å². The maximum atomic E-state index is 12.8. The summed E-state index contributed by atoms with van der Waals surface area (Å²) in [7, 11) is 0. The summed E-state index contributed by atoms with van der Waals surface area (Å²) in [5, 5.41) is 19.5. The van der Waals surface area contributed by atoms with Crippen LogP contribution in [0.1, 0.15) is 65.5 Å². The van der Waals surface area contributed by atoms with Gasteiger partial charge in [-0.15, -0.1) is 0 Å². The molecule has 2 N–H and O–H groups in total. The van der Waals surface area contributed by atoms with Crippen molar-refractivity contribution in [3.05, 3.63) is 70.3 Å². The van der Waals surface area contributed by atoms with Crippen molar-refractivity contribution >= 4 is 0 Å². The van der Waals surface area contributed by atoms with Crippen LogP contribution in [0.2, 0.25) is 0 Å². The zero-order valence-electron chi connectivity index (χ0n) is 16.0. The van der Waals surface area contributed by atoms with Crippen LogP contribution in [0, 0.1) is 0 Å². The fourth-order valence-electron chi connectivity index (χ4n) is 4.13. The molecule has 1 heterocycles. The molecule has 3 nitrogen and oxygen atoms in total. The maximum Gasteiger partial charge on any atom is 0.416 e. The quantitative estimate of drug-likeness (QED) is 0.754. The van der Waals surface area contributed by atoms with Crippen molar-refractivity contribution in [1.29, 1.82) is 0 Å². The molecular weight excluding hydrogens is 381 g/mol. The molecular formula is C23H25F3O3. The Balaban J connectivity index is 1.59. The molecule has 0 amide bonds. The van der Waals surface area contributed by atoms with Gasteiger partial charge in [0.25, 0.3) is 0 Å². The fraction of sp³-hybridized carbons (Fsp3) is 0.478. The highest BCUT2D eigenvalue weighted by Gasteiger charge is 2.32. The first kappa shape index (κ1) is 20.4. The first-order chi connectivity index (χ1) is 13.8. The lowest BCUT2D eigenvalue weighted by Crippen LogP contribution is -2.33. The van der Waals surface area contributed by atoms with Crippen LogP contribution in [0.5, 0.6) is 0 Å². The van der Waals surface area contributed by atoms with Crippen molar-refractivity contribution in [1.82, 2.24) is 0 Å². The van der Waals surface area contributed by atoms with E-state index in [0.717, 1.165) is 41.7 Å². The van der Waals surface area contributed by atoms with Gasteiger partial charge in [-0.05, 0) is 59.6 Å². The monoisotopic (exact) mass is 406 g/mol. The number of benzene rings is 2. The molecule has 4 rings (SSSR count). The Morgan fingerprint density at radius 3 is 2.34 bits per heavy atom. The van der Waals surface area contributed by atoms with E-state index < -0.39 is 17.8 Å². The lowest BCUT2D eigenvalue weighted by atomic mass is 9.90. The molecule has 1 saturated heterocycles. The molecule has 6 heteroatoms. The SMILES string of the molecule is OC[C@@H]1C[C@H](O)C[C@H](c2ccc(C3CC3)c(Cc3ccc(C(F)(F)F)cc3)c2)O1. The highest BCUT2D eigenvalue weighted by Crippen LogP contribution is 2.43. The second-order valence-corrected chi connectivity index (χ2v) is 8.16.